The zero-order valence-electron chi connectivity index (χ0n) is 20.6. The monoisotopic (exact) mass is 502 g/mol. The van der Waals surface area contributed by atoms with Crippen molar-refractivity contribution in [3.05, 3.63) is 34.9 Å². The van der Waals surface area contributed by atoms with Crippen LogP contribution in [0.4, 0.5) is 0 Å². The summed E-state index contributed by atoms with van der Waals surface area (Å²) < 4.78 is 17.4. The molecule has 0 saturated carbocycles. The molecule has 1 fully saturated rings. The Kier molecular flexibility index (Phi) is 8.28. The summed E-state index contributed by atoms with van der Waals surface area (Å²) in [6.45, 7) is 2.63. The van der Waals surface area contributed by atoms with Crippen molar-refractivity contribution in [2.75, 3.05) is 33.4 Å². The van der Waals surface area contributed by atoms with Gasteiger partial charge in [-0.3, -0.25) is 14.4 Å². The van der Waals surface area contributed by atoms with E-state index in [-0.39, 0.29) is 25.2 Å². The number of aliphatic hydroxyl groups excluding tert-OH is 2. The Labute approximate surface area is 210 Å². The standard InChI is InChI=1S/C26H34N2O8/c1-3-5-21(31)28(13-16-6-4-9-35-16)19-12-18(26(33)27-7-8-29)22-17-10-15(14-30)11-20(34-2)24(17)36-25(22)23(19)32/h10-12,14,16,19,22-23,25,29,32H,3-9,13H2,1-2H3,(H,27,33)/t16-,19-,22+,23+,25+/m1/s1. The number of aldehydes is 1. The van der Waals surface area contributed by atoms with Crippen LogP contribution in [0.3, 0.4) is 0 Å². The number of ether oxygens (including phenoxy) is 3. The summed E-state index contributed by atoms with van der Waals surface area (Å²) in [5, 5.41) is 23.5. The van der Waals surface area contributed by atoms with E-state index in [1.807, 2.05) is 6.92 Å². The van der Waals surface area contributed by atoms with Gasteiger partial charge in [-0.25, -0.2) is 0 Å². The van der Waals surface area contributed by atoms with E-state index in [0.717, 1.165) is 12.8 Å². The first kappa shape index (κ1) is 26.1. The van der Waals surface area contributed by atoms with E-state index in [9.17, 15) is 24.6 Å². The number of rotatable bonds is 10. The number of methoxy groups -OCH3 is 1. The van der Waals surface area contributed by atoms with E-state index in [1.165, 1.54) is 13.2 Å². The van der Waals surface area contributed by atoms with E-state index in [0.29, 0.717) is 60.5 Å². The third-order valence-corrected chi connectivity index (χ3v) is 6.98. The minimum atomic E-state index is -1.15. The number of hydrogen-bond donors (Lipinski definition) is 3. The second-order valence-corrected chi connectivity index (χ2v) is 9.33. The number of carbonyl (C=O) groups excluding carboxylic acids is 3. The summed E-state index contributed by atoms with van der Waals surface area (Å²) in [5.41, 5.74) is 1.20. The van der Waals surface area contributed by atoms with Gasteiger partial charge in [-0.1, -0.05) is 6.92 Å². The van der Waals surface area contributed by atoms with Crippen LogP contribution >= 0.6 is 0 Å². The van der Waals surface area contributed by atoms with Crippen molar-refractivity contribution in [3.63, 3.8) is 0 Å². The van der Waals surface area contributed by atoms with E-state index < -0.39 is 30.1 Å². The lowest BCUT2D eigenvalue weighted by Crippen LogP contribution is -2.57. The highest BCUT2D eigenvalue weighted by atomic mass is 16.5. The van der Waals surface area contributed by atoms with Crippen LogP contribution < -0.4 is 14.8 Å². The number of aliphatic hydroxyl groups is 2. The van der Waals surface area contributed by atoms with Gasteiger partial charge in [0.1, 0.15) is 18.5 Å². The highest BCUT2D eigenvalue weighted by Gasteiger charge is 2.51. The summed E-state index contributed by atoms with van der Waals surface area (Å²) in [6.07, 6.45) is 2.77. The van der Waals surface area contributed by atoms with Gasteiger partial charge in [-0.15, -0.1) is 0 Å². The fourth-order valence-electron chi connectivity index (χ4n) is 5.31. The molecule has 36 heavy (non-hydrogen) atoms. The van der Waals surface area contributed by atoms with Crippen molar-refractivity contribution >= 4 is 18.1 Å². The van der Waals surface area contributed by atoms with E-state index in [1.54, 1.807) is 17.0 Å². The van der Waals surface area contributed by atoms with Gasteiger partial charge in [0.2, 0.25) is 11.8 Å². The first-order chi connectivity index (χ1) is 17.4. The van der Waals surface area contributed by atoms with Crippen LogP contribution in [0.5, 0.6) is 11.5 Å². The number of carbonyl (C=O) groups is 3. The summed E-state index contributed by atoms with van der Waals surface area (Å²) >= 11 is 0. The van der Waals surface area contributed by atoms with Crippen molar-refractivity contribution < 1.29 is 38.8 Å². The van der Waals surface area contributed by atoms with Gasteiger partial charge in [0.05, 0.1) is 31.8 Å². The van der Waals surface area contributed by atoms with Crippen LogP contribution in [0, 0.1) is 0 Å². The molecule has 3 aliphatic rings. The Morgan fingerprint density at radius 2 is 2.14 bits per heavy atom. The van der Waals surface area contributed by atoms with E-state index in [4.69, 9.17) is 14.2 Å². The topological polar surface area (TPSA) is 135 Å². The maximum Gasteiger partial charge on any atom is 0.247 e. The SMILES string of the molecule is CCCC(=O)N(C[C@H]1CCCO1)[C@@H]1C=C(C(=O)NCCO)[C@@H]2c3cc(C=O)cc(OC)c3O[C@@H]2[C@H]1O. The highest BCUT2D eigenvalue weighted by molar-refractivity contribution is 5.96. The molecule has 1 aliphatic carbocycles. The molecule has 0 bridgehead atoms. The Balaban J connectivity index is 1.78. The van der Waals surface area contributed by atoms with Crippen LogP contribution in [0.2, 0.25) is 0 Å². The lowest BCUT2D eigenvalue weighted by molar-refractivity contribution is -0.139. The Bertz CT molecular complexity index is 1020. The van der Waals surface area contributed by atoms with E-state index in [2.05, 4.69) is 5.32 Å². The van der Waals surface area contributed by atoms with Gasteiger partial charge in [0, 0.05) is 42.8 Å². The summed E-state index contributed by atoms with van der Waals surface area (Å²) in [6, 6.07) is 2.34. The molecule has 1 aromatic carbocycles. The normalized spacial score (nSPS) is 26.3. The molecule has 5 atom stereocenters. The first-order valence-corrected chi connectivity index (χ1v) is 12.5. The van der Waals surface area contributed by atoms with E-state index >= 15 is 0 Å². The molecular formula is C26H34N2O8. The predicted octanol–water partition coefficient (Wildman–Crippen LogP) is 0.938. The van der Waals surface area contributed by atoms with Gasteiger partial charge in [-0.05, 0) is 37.5 Å². The Morgan fingerprint density at radius 1 is 1.33 bits per heavy atom. The molecule has 0 aromatic heterocycles. The first-order valence-electron chi connectivity index (χ1n) is 12.5. The van der Waals surface area contributed by atoms with Crippen LogP contribution in [-0.2, 0) is 14.3 Å². The molecule has 4 rings (SSSR count). The fraction of sp³-hybridized carbons (Fsp3) is 0.577. The number of amides is 2. The van der Waals surface area contributed by atoms with Crippen molar-refractivity contribution in [3.8, 4) is 11.5 Å². The van der Waals surface area contributed by atoms with Gasteiger partial charge in [0.15, 0.2) is 11.5 Å². The molecular weight excluding hydrogens is 468 g/mol. The fourth-order valence-corrected chi connectivity index (χ4v) is 5.31. The third-order valence-electron chi connectivity index (χ3n) is 6.98. The number of nitrogens with one attached hydrogen (secondary N) is 1. The number of fused-ring (bicyclic) bond motifs is 3. The quantitative estimate of drug-likeness (QED) is 0.403. The average Bonchev–Trinajstić information content (AvgIpc) is 3.54. The van der Waals surface area contributed by atoms with Crippen LogP contribution in [-0.4, -0.2) is 91.0 Å². The zero-order chi connectivity index (χ0) is 25.8. The lowest BCUT2D eigenvalue weighted by Gasteiger charge is -2.41. The third kappa shape index (κ3) is 4.98. The molecule has 2 amide bonds. The number of nitrogens with zero attached hydrogens (tertiary/aromatic N) is 1. The summed E-state index contributed by atoms with van der Waals surface area (Å²) in [7, 11) is 1.45. The van der Waals surface area contributed by atoms with Gasteiger partial charge in [-0.2, -0.15) is 0 Å². The maximum absolute atomic E-state index is 13.3. The molecule has 0 radical (unpaired) electrons. The minimum absolute atomic E-state index is 0.0422. The predicted molar refractivity (Wildman–Crippen MR) is 129 cm³/mol. The largest absolute Gasteiger partial charge is 0.493 e. The molecule has 1 saturated heterocycles. The summed E-state index contributed by atoms with van der Waals surface area (Å²) in [4.78, 5) is 39.7. The van der Waals surface area contributed by atoms with Gasteiger partial charge < -0.3 is 34.6 Å². The molecule has 1 aromatic rings. The van der Waals surface area contributed by atoms with Crippen LogP contribution in [0.15, 0.2) is 23.8 Å². The molecule has 2 heterocycles. The molecule has 10 nitrogen and oxygen atoms in total. The van der Waals surface area contributed by atoms with Gasteiger partial charge in [0.25, 0.3) is 0 Å². The molecule has 2 aliphatic heterocycles. The van der Waals surface area contributed by atoms with Crippen molar-refractivity contribution in [2.45, 2.75) is 62.9 Å². The minimum Gasteiger partial charge on any atom is -0.493 e. The second kappa shape index (κ2) is 11.4. The zero-order valence-corrected chi connectivity index (χ0v) is 20.6. The van der Waals surface area contributed by atoms with Crippen LogP contribution in [0.25, 0.3) is 0 Å². The van der Waals surface area contributed by atoms with Crippen molar-refractivity contribution in [2.24, 2.45) is 0 Å². The van der Waals surface area contributed by atoms with Crippen molar-refractivity contribution in [1.82, 2.24) is 10.2 Å². The smallest absolute Gasteiger partial charge is 0.247 e. The molecule has 196 valence electrons. The average molecular weight is 503 g/mol. The molecule has 10 heteroatoms. The molecule has 0 unspecified atom stereocenters. The highest BCUT2D eigenvalue weighted by Crippen LogP contribution is 2.51. The lowest BCUT2D eigenvalue weighted by atomic mass is 9.77. The summed E-state index contributed by atoms with van der Waals surface area (Å²) in [5.74, 6) is -0.601. The number of hydrogen-bond acceptors (Lipinski definition) is 8. The van der Waals surface area contributed by atoms with Crippen molar-refractivity contribution in [1.29, 1.82) is 0 Å². The maximum atomic E-state index is 13.3. The van der Waals surface area contributed by atoms with Gasteiger partial charge >= 0.3 is 0 Å². The Morgan fingerprint density at radius 3 is 2.78 bits per heavy atom. The second-order valence-electron chi connectivity index (χ2n) is 9.33. The molecule has 0 spiro atoms. The Hall–Kier alpha value is -2.95. The van der Waals surface area contributed by atoms with Crippen LogP contribution in [0.1, 0.15) is 54.4 Å². The molecule has 3 N–H and O–H groups in total. The number of benzene rings is 1.